The van der Waals surface area contributed by atoms with Crippen LogP contribution in [0.3, 0.4) is 0 Å². The molecule has 0 saturated heterocycles. The fourth-order valence-corrected chi connectivity index (χ4v) is 4.79. The fourth-order valence-electron chi connectivity index (χ4n) is 4.79. The highest BCUT2D eigenvalue weighted by molar-refractivity contribution is 6.08. The van der Waals surface area contributed by atoms with Crippen molar-refractivity contribution in [3.05, 3.63) is 24.2 Å². The second kappa shape index (κ2) is 5.06. The van der Waals surface area contributed by atoms with E-state index >= 15 is 0 Å². The molecule has 4 aliphatic rings. The second-order valence-electron chi connectivity index (χ2n) is 7.68. The highest BCUT2D eigenvalue weighted by Gasteiger charge is 2.51. The third kappa shape index (κ3) is 1.83. The molecule has 3 unspecified atom stereocenters. The van der Waals surface area contributed by atoms with Crippen molar-refractivity contribution in [2.75, 3.05) is 12.0 Å². The lowest BCUT2D eigenvalue weighted by Crippen LogP contribution is -2.53. The Balaban J connectivity index is 1.39. The van der Waals surface area contributed by atoms with Crippen molar-refractivity contribution < 1.29 is 9.26 Å². The summed E-state index contributed by atoms with van der Waals surface area (Å²) in [5.41, 5.74) is 2.96. The fraction of sp³-hybridized carbons (Fsp3) is 0.647. The van der Waals surface area contributed by atoms with E-state index in [9.17, 15) is 0 Å². The van der Waals surface area contributed by atoms with Crippen LogP contribution in [0.5, 0.6) is 0 Å². The molecule has 2 aliphatic carbocycles. The van der Waals surface area contributed by atoms with Gasteiger partial charge in [-0.3, -0.25) is 10.3 Å². The quantitative estimate of drug-likeness (QED) is 0.896. The van der Waals surface area contributed by atoms with Gasteiger partial charge >= 0.3 is 0 Å². The van der Waals surface area contributed by atoms with Gasteiger partial charge in [-0.15, -0.1) is 0 Å². The number of anilines is 1. The molecule has 0 radical (unpaired) electrons. The smallest absolute Gasteiger partial charge is 0.295 e. The minimum atomic E-state index is -0.369. The summed E-state index contributed by atoms with van der Waals surface area (Å²) in [5.74, 6) is 3.24. The number of methoxy groups -OCH3 is 1. The first-order valence-corrected chi connectivity index (χ1v) is 9.35. The Labute approximate surface area is 150 Å². The van der Waals surface area contributed by atoms with Crippen LogP contribution < -0.4 is 10.3 Å². The molecule has 2 aromatic heterocycles. The van der Waals surface area contributed by atoms with Gasteiger partial charge in [0.1, 0.15) is 17.6 Å². The van der Waals surface area contributed by atoms with Crippen LogP contribution in [0.25, 0.3) is 0 Å². The predicted octanol–water partition coefficient (Wildman–Crippen LogP) is 1.74. The molecule has 6 rings (SSSR count). The first-order valence-electron chi connectivity index (χ1n) is 9.35. The zero-order valence-corrected chi connectivity index (χ0v) is 14.6. The van der Waals surface area contributed by atoms with Gasteiger partial charge in [0.25, 0.3) is 5.89 Å². The number of amidine groups is 1. The highest BCUT2D eigenvalue weighted by atomic mass is 16.5. The van der Waals surface area contributed by atoms with Crippen molar-refractivity contribution in [1.29, 1.82) is 0 Å². The SMILES string of the molecule is COC1(c2noc(C3=NNC4C5CCCCC5n5cncc5N34)n2)CC1. The molecule has 26 heavy (non-hydrogen) atoms. The van der Waals surface area contributed by atoms with E-state index in [1.807, 2.05) is 12.5 Å². The van der Waals surface area contributed by atoms with E-state index in [0.29, 0.717) is 29.5 Å². The van der Waals surface area contributed by atoms with Crippen LogP contribution in [0.4, 0.5) is 5.82 Å². The number of rotatable bonds is 3. The lowest BCUT2D eigenvalue weighted by atomic mass is 9.80. The topological polar surface area (TPSA) is 93.6 Å². The molecule has 2 saturated carbocycles. The molecule has 1 N–H and O–H groups in total. The summed E-state index contributed by atoms with van der Waals surface area (Å²) in [6.07, 6.45) is 10.7. The number of hydrogen-bond donors (Lipinski definition) is 1. The highest BCUT2D eigenvalue weighted by Crippen LogP contribution is 2.48. The molecule has 0 aromatic carbocycles. The van der Waals surface area contributed by atoms with Crippen LogP contribution in [0.2, 0.25) is 0 Å². The lowest BCUT2D eigenvalue weighted by Gasteiger charge is -2.45. The minimum absolute atomic E-state index is 0.118. The van der Waals surface area contributed by atoms with Crippen molar-refractivity contribution >= 4 is 11.7 Å². The van der Waals surface area contributed by atoms with E-state index in [2.05, 4.69) is 35.1 Å². The van der Waals surface area contributed by atoms with Crippen molar-refractivity contribution in [2.24, 2.45) is 11.0 Å². The van der Waals surface area contributed by atoms with E-state index in [4.69, 9.17) is 9.26 Å². The number of aromatic nitrogens is 4. The van der Waals surface area contributed by atoms with Gasteiger partial charge in [-0.25, -0.2) is 4.98 Å². The number of hydrazone groups is 1. The van der Waals surface area contributed by atoms with Gasteiger partial charge in [-0.05, 0) is 25.7 Å². The predicted molar refractivity (Wildman–Crippen MR) is 91.4 cm³/mol. The maximum Gasteiger partial charge on any atom is 0.295 e. The molecule has 4 heterocycles. The average molecular weight is 355 g/mol. The third-order valence-corrected chi connectivity index (χ3v) is 6.37. The molecule has 2 aromatic rings. The van der Waals surface area contributed by atoms with Gasteiger partial charge in [-0.1, -0.05) is 18.0 Å². The molecule has 136 valence electrons. The molecule has 9 nitrogen and oxygen atoms in total. The molecule has 9 heteroatoms. The Morgan fingerprint density at radius 2 is 2.19 bits per heavy atom. The van der Waals surface area contributed by atoms with Crippen molar-refractivity contribution in [3.8, 4) is 0 Å². The number of nitrogens with zero attached hydrogens (tertiary/aromatic N) is 6. The molecule has 0 spiro atoms. The summed E-state index contributed by atoms with van der Waals surface area (Å²) in [5, 5.41) is 8.74. The number of imidazole rings is 1. The maximum absolute atomic E-state index is 5.57. The van der Waals surface area contributed by atoms with Crippen LogP contribution in [0, 0.1) is 5.92 Å². The lowest BCUT2D eigenvalue weighted by molar-refractivity contribution is 0.0689. The van der Waals surface area contributed by atoms with Crippen molar-refractivity contribution in [2.45, 2.75) is 56.3 Å². The van der Waals surface area contributed by atoms with E-state index in [-0.39, 0.29) is 11.8 Å². The summed E-state index contributed by atoms with van der Waals surface area (Å²) in [4.78, 5) is 11.2. The van der Waals surface area contributed by atoms with Gasteiger partial charge in [0.15, 0.2) is 0 Å². The Morgan fingerprint density at radius 1 is 1.31 bits per heavy atom. The van der Waals surface area contributed by atoms with Crippen LogP contribution in [0.1, 0.15) is 56.3 Å². The van der Waals surface area contributed by atoms with Crippen molar-refractivity contribution in [3.63, 3.8) is 0 Å². The molecule has 0 amide bonds. The van der Waals surface area contributed by atoms with Crippen molar-refractivity contribution in [1.82, 2.24) is 25.1 Å². The molecule has 0 bridgehead atoms. The standard InChI is InChI=1S/C17H21N7O2/c1-25-17(6-7-17)16-19-15(26-22-16)14-21-20-13-10-4-2-3-5-11(10)23-9-18-8-12(23)24(13)14/h8-11,13,20H,2-7H2,1H3. The molecule has 2 fully saturated rings. The normalized spacial score (nSPS) is 30.9. The maximum atomic E-state index is 5.57. The summed E-state index contributed by atoms with van der Waals surface area (Å²) in [6, 6.07) is 0.478. The first-order chi connectivity index (χ1) is 12.8. The van der Waals surface area contributed by atoms with E-state index in [1.165, 1.54) is 25.7 Å². The molecule has 3 atom stereocenters. The van der Waals surface area contributed by atoms with Crippen LogP contribution in [-0.2, 0) is 10.3 Å². The molecular weight excluding hydrogens is 334 g/mol. The van der Waals surface area contributed by atoms with Crippen LogP contribution in [0.15, 0.2) is 22.1 Å². The van der Waals surface area contributed by atoms with Crippen LogP contribution in [-0.4, -0.2) is 38.8 Å². The van der Waals surface area contributed by atoms with E-state index in [1.54, 1.807) is 7.11 Å². The second-order valence-corrected chi connectivity index (χ2v) is 7.68. The van der Waals surface area contributed by atoms with Gasteiger partial charge in [-0.2, -0.15) is 10.1 Å². The van der Waals surface area contributed by atoms with Gasteiger partial charge in [0.2, 0.25) is 11.7 Å². The monoisotopic (exact) mass is 355 g/mol. The summed E-state index contributed by atoms with van der Waals surface area (Å²) in [6.45, 7) is 0. The summed E-state index contributed by atoms with van der Waals surface area (Å²) in [7, 11) is 1.69. The Bertz CT molecular complexity index is 883. The van der Waals surface area contributed by atoms with Gasteiger partial charge in [0, 0.05) is 19.1 Å². The van der Waals surface area contributed by atoms with Crippen LogP contribution >= 0.6 is 0 Å². The summed E-state index contributed by atoms with van der Waals surface area (Å²) < 4.78 is 13.4. The number of hydrogen-bond acceptors (Lipinski definition) is 8. The zero-order chi connectivity index (χ0) is 17.3. The largest absolute Gasteiger partial charge is 0.370 e. The minimum Gasteiger partial charge on any atom is -0.370 e. The average Bonchev–Trinajstić information content (AvgIpc) is 3.09. The Hall–Kier alpha value is -2.42. The van der Waals surface area contributed by atoms with Gasteiger partial charge < -0.3 is 13.8 Å². The summed E-state index contributed by atoms with van der Waals surface area (Å²) >= 11 is 0. The first kappa shape index (κ1) is 14.7. The number of nitrogens with one attached hydrogen (secondary N) is 1. The molecular formula is C17H21N7O2. The zero-order valence-electron chi connectivity index (χ0n) is 14.6. The van der Waals surface area contributed by atoms with E-state index < -0.39 is 0 Å². The molecule has 2 aliphatic heterocycles. The number of fused-ring (bicyclic) bond motifs is 6. The van der Waals surface area contributed by atoms with E-state index in [0.717, 1.165) is 18.7 Å². The number of ether oxygens (including phenoxy) is 1. The third-order valence-electron chi connectivity index (χ3n) is 6.37. The Morgan fingerprint density at radius 3 is 3.04 bits per heavy atom. The van der Waals surface area contributed by atoms with Gasteiger partial charge in [0.05, 0.1) is 12.5 Å². The Kier molecular flexibility index (Phi) is 2.87.